The summed E-state index contributed by atoms with van der Waals surface area (Å²) >= 11 is 0. The number of hydrogen-bond donors (Lipinski definition) is 2. The zero-order valence-electron chi connectivity index (χ0n) is 11.1. The molecule has 0 amide bonds. The van der Waals surface area contributed by atoms with Crippen LogP contribution in [0.5, 0.6) is 11.6 Å². The number of ether oxygens (including phenoxy) is 1. The van der Waals surface area contributed by atoms with Crippen LogP contribution in [0.4, 0.5) is 5.69 Å². The summed E-state index contributed by atoms with van der Waals surface area (Å²) < 4.78 is 5.52. The van der Waals surface area contributed by atoms with Crippen molar-refractivity contribution in [2.75, 3.05) is 0 Å². The number of pyridine rings is 1. The second-order valence-electron chi connectivity index (χ2n) is 4.20. The molecule has 0 bridgehead atoms. The van der Waals surface area contributed by atoms with E-state index in [1.54, 1.807) is 12.1 Å². The first-order valence-corrected chi connectivity index (χ1v) is 5.88. The minimum Gasteiger partial charge on any atom is -0.438 e. The Balaban J connectivity index is 2.42. The van der Waals surface area contributed by atoms with E-state index in [-0.39, 0.29) is 23.0 Å². The van der Waals surface area contributed by atoms with Crippen molar-refractivity contribution in [2.24, 2.45) is 10.9 Å². The molecule has 0 aliphatic heterocycles. The molecule has 2 aromatic rings. The standard InChI is InChI=1S/C13H12N4O4/c1-8-2-4-10(5-3-8)21-13-11(12(14)16-18)6-9(7-15-13)17(19)20/h2-7,18H,1H3,(H2,14,16). The fraction of sp³-hybridized carbons (Fsp3) is 0.0769. The third kappa shape index (κ3) is 3.24. The van der Waals surface area contributed by atoms with Gasteiger partial charge in [-0.15, -0.1) is 0 Å². The van der Waals surface area contributed by atoms with Crippen LogP contribution in [0.1, 0.15) is 11.1 Å². The van der Waals surface area contributed by atoms with E-state index >= 15 is 0 Å². The quantitative estimate of drug-likeness (QED) is 0.292. The summed E-state index contributed by atoms with van der Waals surface area (Å²) in [5.41, 5.74) is 6.30. The topological polar surface area (TPSA) is 124 Å². The van der Waals surface area contributed by atoms with E-state index < -0.39 is 4.92 Å². The summed E-state index contributed by atoms with van der Waals surface area (Å²) in [6.45, 7) is 1.93. The van der Waals surface area contributed by atoms with Gasteiger partial charge in [-0.05, 0) is 19.1 Å². The molecule has 21 heavy (non-hydrogen) atoms. The summed E-state index contributed by atoms with van der Waals surface area (Å²) in [5.74, 6) is 0.169. The largest absolute Gasteiger partial charge is 0.438 e. The van der Waals surface area contributed by atoms with Gasteiger partial charge < -0.3 is 15.7 Å². The Morgan fingerprint density at radius 3 is 2.67 bits per heavy atom. The fourth-order valence-corrected chi connectivity index (χ4v) is 1.58. The summed E-state index contributed by atoms with van der Waals surface area (Å²) in [4.78, 5) is 14.0. The molecule has 0 radical (unpaired) electrons. The van der Waals surface area contributed by atoms with E-state index in [1.165, 1.54) is 0 Å². The second kappa shape index (κ2) is 5.87. The number of nitro groups is 1. The zero-order chi connectivity index (χ0) is 15.4. The molecule has 0 atom stereocenters. The predicted octanol–water partition coefficient (Wildman–Crippen LogP) is 2.19. The average Bonchev–Trinajstić information content (AvgIpc) is 2.49. The molecule has 3 N–H and O–H groups in total. The van der Waals surface area contributed by atoms with Crippen LogP contribution in [-0.4, -0.2) is 21.0 Å². The van der Waals surface area contributed by atoms with Gasteiger partial charge in [0.05, 0.1) is 10.5 Å². The average molecular weight is 288 g/mol. The maximum Gasteiger partial charge on any atom is 0.288 e. The molecule has 8 heteroatoms. The lowest BCUT2D eigenvalue weighted by molar-refractivity contribution is -0.385. The van der Waals surface area contributed by atoms with Gasteiger partial charge in [-0.3, -0.25) is 10.1 Å². The van der Waals surface area contributed by atoms with Crippen molar-refractivity contribution in [1.82, 2.24) is 4.98 Å². The van der Waals surface area contributed by atoms with Crippen LogP contribution in [0.25, 0.3) is 0 Å². The highest BCUT2D eigenvalue weighted by Gasteiger charge is 2.17. The molecule has 0 saturated heterocycles. The molecule has 2 rings (SSSR count). The number of nitrogens with zero attached hydrogens (tertiary/aromatic N) is 3. The van der Waals surface area contributed by atoms with Crippen LogP contribution in [0.3, 0.4) is 0 Å². The van der Waals surface area contributed by atoms with Crippen molar-refractivity contribution in [3.63, 3.8) is 0 Å². The smallest absolute Gasteiger partial charge is 0.288 e. The van der Waals surface area contributed by atoms with Gasteiger partial charge >= 0.3 is 0 Å². The number of aryl methyl sites for hydroxylation is 1. The summed E-state index contributed by atoms with van der Waals surface area (Å²) in [6.07, 6.45) is 1.04. The molecule has 0 unspecified atom stereocenters. The maximum absolute atomic E-state index is 10.8. The van der Waals surface area contributed by atoms with Crippen molar-refractivity contribution in [1.29, 1.82) is 0 Å². The molecule has 1 heterocycles. The van der Waals surface area contributed by atoms with Gasteiger partial charge in [0.1, 0.15) is 11.9 Å². The first kappa shape index (κ1) is 14.3. The highest BCUT2D eigenvalue weighted by Crippen LogP contribution is 2.26. The first-order valence-electron chi connectivity index (χ1n) is 5.88. The number of benzene rings is 1. The van der Waals surface area contributed by atoms with Gasteiger partial charge in [0.2, 0.25) is 5.88 Å². The van der Waals surface area contributed by atoms with Gasteiger partial charge in [-0.25, -0.2) is 4.98 Å². The number of oxime groups is 1. The lowest BCUT2D eigenvalue weighted by atomic mass is 10.2. The summed E-state index contributed by atoms with van der Waals surface area (Å²) in [5, 5.41) is 22.3. The fourth-order valence-electron chi connectivity index (χ4n) is 1.58. The third-order valence-electron chi connectivity index (χ3n) is 2.67. The van der Waals surface area contributed by atoms with Gasteiger partial charge in [0.25, 0.3) is 5.69 Å². The maximum atomic E-state index is 10.8. The Bertz CT molecular complexity index is 698. The zero-order valence-corrected chi connectivity index (χ0v) is 11.1. The highest BCUT2D eigenvalue weighted by molar-refractivity contribution is 5.99. The van der Waals surface area contributed by atoms with E-state index in [1.807, 2.05) is 19.1 Å². The molecule has 1 aromatic heterocycles. The Morgan fingerprint density at radius 1 is 1.43 bits per heavy atom. The van der Waals surface area contributed by atoms with Crippen molar-refractivity contribution < 1.29 is 14.9 Å². The van der Waals surface area contributed by atoms with Crippen LogP contribution in [0.2, 0.25) is 0 Å². The Hall–Kier alpha value is -3.16. The number of amidine groups is 1. The normalized spacial score (nSPS) is 11.2. The molecular formula is C13H12N4O4. The van der Waals surface area contributed by atoms with Crippen LogP contribution >= 0.6 is 0 Å². The van der Waals surface area contributed by atoms with Crippen molar-refractivity contribution in [2.45, 2.75) is 6.92 Å². The minimum absolute atomic E-state index is 0.0137. The monoisotopic (exact) mass is 288 g/mol. The third-order valence-corrected chi connectivity index (χ3v) is 2.67. The van der Waals surface area contributed by atoms with Gasteiger partial charge in [0.15, 0.2) is 5.84 Å². The number of nitrogens with two attached hydrogens (primary N) is 1. The molecule has 0 spiro atoms. The lowest BCUT2D eigenvalue weighted by Crippen LogP contribution is -2.15. The second-order valence-corrected chi connectivity index (χ2v) is 4.20. The first-order chi connectivity index (χ1) is 10.0. The molecule has 0 fully saturated rings. The molecule has 8 nitrogen and oxygen atoms in total. The molecule has 0 aliphatic carbocycles. The lowest BCUT2D eigenvalue weighted by Gasteiger charge is -2.09. The Morgan fingerprint density at radius 2 is 2.10 bits per heavy atom. The van der Waals surface area contributed by atoms with E-state index in [0.717, 1.165) is 17.8 Å². The summed E-state index contributed by atoms with van der Waals surface area (Å²) in [7, 11) is 0. The van der Waals surface area contributed by atoms with E-state index in [9.17, 15) is 10.1 Å². The molecule has 0 aliphatic rings. The Labute approximate surface area is 119 Å². The Kier molecular flexibility index (Phi) is 3.98. The van der Waals surface area contributed by atoms with Gasteiger partial charge in [0, 0.05) is 6.07 Å². The molecule has 1 aromatic carbocycles. The van der Waals surface area contributed by atoms with Gasteiger partial charge in [-0.1, -0.05) is 22.9 Å². The highest BCUT2D eigenvalue weighted by atomic mass is 16.6. The van der Waals surface area contributed by atoms with Gasteiger partial charge in [-0.2, -0.15) is 0 Å². The van der Waals surface area contributed by atoms with E-state index in [2.05, 4.69) is 10.1 Å². The summed E-state index contributed by atoms with van der Waals surface area (Å²) in [6, 6.07) is 8.24. The van der Waals surface area contributed by atoms with Crippen molar-refractivity contribution in [3.8, 4) is 11.6 Å². The predicted molar refractivity (Wildman–Crippen MR) is 74.7 cm³/mol. The number of aromatic nitrogens is 1. The molecular weight excluding hydrogens is 276 g/mol. The minimum atomic E-state index is -0.628. The van der Waals surface area contributed by atoms with Crippen LogP contribution < -0.4 is 10.5 Å². The van der Waals surface area contributed by atoms with E-state index in [4.69, 9.17) is 15.7 Å². The van der Waals surface area contributed by atoms with Crippen LogP contribution in [0.15, 0.2) is 41.7 Å². The molecule has 108 valence electrons. The van der Waals surface area contributed by atoms with Crippen molar-refractivity contribution >= 4 is 11.5 Å². The van der Waals surface area contributed by atoms with Crippen LogP contribution in [-0.2, 0) is 0 Å². The van der Waals surface area contributed by atoms with Crippen molar-refractivity contribution in [3.05, 3.63) is 57.8 Å². The van der Waals surface area contributed by atoms with E-state index in [0.29, 0.717) is 5.75 Å². The SMILES string of the molecule is Cc1ccc(Oc2ncc([N+](=O)[O-])cc2C(N)=NO)cc1. The number of rotatable bonds is 4. The number of hydrogen-bond acceptors (Lipinski definition) is 6. The van der Waals surface area contributed by atoms with Crippen LogP contribution in [0, 0.1) is 17.0 Å². The molecule has 0 saturated carbocycles.